The van der Waals surface area contributed by atoms with Gasteiger partial charge in [0.05, 0.1) is 5.69 Å². The molecule has 3 nitrogen and oxygen atoms in total. The van der Waals surface area contributed by atoms with Crippen molar-refractivity contribution >= 4 is 0 Å². The number of nitrogens with zero attached hydrogens (tertiary/aromatic N) is 2. The van der Waals surface area contributed by atoms with E-state index in [4.69, 9.17) is 0 Å². The van der Waals surface area contributed by atoms with Gasteiger partial charge >= 0.3 is 0 Å². The predicted molar refractivity (Wildman–Crippen MR) is 73.2 cm³/mol. The summed E-state index contributed by atoms with van der Waals surface area (Å²) in [7, 11) is 2.03. The van der Waals surface area contributed by atoms with Crippen molar-refractivity contribution in [2.45, 2.75) is 53.1 Å². The Balaban J connectivity index is 2.72. The van der Waals surface area contributed by atoms with Crippen LogP contribution in [0, 0.1) is 11.8 Å². The van der Waals surface area contributed by atoms with Gasteiger partial charge in [0.1, 0.15) is 0 Å². The molecule has 0 amide bonds. The maximum absolute atomic E-state index is 4.64. The number of hydrogen-bond acceptors (Lipinski definition) is 2. The van der Waals surface area contributed by atoms with E-state index in [9.17, 15) is 0 Å². The minimum atomic E-state index is 0.447. The van der Waals surface area contributed by atoms with Crippen LogP contribution >= 0.6 is 0 Å². The molecule has 1 rings (SSSR count). The second-order valence-corrected chi connectivity index (χ2v) is 5.57. The van der Waals surface area contributed by atoms with E-state index in [0.717, 1.165) is 6.42 Å². The lowest BCUT2D eigenvalue weighted by Gasteiger charge is -2.26. The minimum Gasteiger partial charge on any atom is -0.317 e. The van der Waals surface area contributed by atoms with Gasteiger partial charge in [-0.1, -0.05) is 13.8 Å². The fourth-order valence-corrected chi connectivity index (χ4v) is 2.22. The first-order valence-electron chi connectivity index (χ1n) is 6.67. The maximum atomic E-state index is 4.64. The average molecular weight is 237 g/mol. The number of nitrogens with one attached hydrogen (secondary N) is 1. The van der Waals surface area contributed by atoms with Crippen molar-refractivity contribution in [1.29, 1.82) is 0 Å². The lowest BCUT2D eigenvalue weighted by atomic mass is 9.85. The van der Waals surface area contributed by atoms with E-state index in [1.165, 1.54) is 5.69 Å². The molecule has 0 spiro atoms. The Bertz CT molecular complexity index is 328. The second kappa shape index (κ2) is 6.20. The molecule has 0 aromatic carbocycles. The minimum absolute atomic E-state index is 0.447. The summed E-state index contributed by atoms with van der Waals surface area (Å²) in [4.78, 5) is 0. The van der Waals surface area contributed by atoms with E-state index in [-0.39, 0.29) is 0 Å². The summed E-state index contributed by atoms with van der Waals surface area (Å²) < 4.78 is 2.04. The molecular weight excluding hydrogens is 210 g/mol. The van der Waals surface area contributed by atoms with Gasteiger partial charge in [-0.05, 0) is 52.1 Å². The highest BCUT2D eigenvalue weighted by Gasteiger charge is 2.21. The highest BCUT2D eigenvalue weighted by atomic mass is 15.3. The first kappa shape index (κ1) is 14.2. The molecule has 1 heterocycles. The van der Waals surface area contributed by atoms with Crippen molar-refractivity contribution in [3.63, 3.8) is 0 Å². The van der Waals surface area contributed by atoms with E-state index in [2.05, 4.69) is 57.3 Å². The van der Waals surface area contributed by atoms with Crippen LogP contribution in [-0.2, 0) is 6.42 Å². The quantitative estimate of drug-likeness (QED) is 0.824. The molecule has 17 heavy (non-hydrogen) atoms. The Morgan fingerprint density at radius 1 is 1.24 bits per heavy atom. The van der Waals surface area contributed by atoms with Gasteiger partial charge in [0, 0.05) is 18.3 Å². The molecule has 2 unspecified atom stereocenters. The van der Waals surface area contributed by atoms with Gasteiger partial charge in [-0.3, -0.25) is 4.68 Å². The summed E-state index contributed by atoms with van der Waals surface area (Å²) in [5.74, 6) is 1.30. The zero-order valence-electron chi connectivity index (χ0n) is 12.1. The molecule has 0 saturated heterocycles. The highest BCUT2D eigenvalue weighted by molar-refractivity contribution is 5.02. The van der Waals surface area contributed by atoms with Gasteiger partial charge in [0.2, 0.25) is 0 Å². The fraction of sp³-hybridized carbons (Fsp3) is 0.786. The molecule has 0 fully saturated rings. The summed E-state index contributed by atoms with van der Waals surface area (Å²) in [6.07, 6.45) is 3.14. The maximum Gasteiger partial charge on any atom is 0.0628 e. The summed E-state index contributed by atoms with van der Waals surface area (Å²) in [5.41, 5.74) is 1.21. The Morgan fingerprint density at radius 3 is 2.29 bits per heavy atom. The third kappa shape index (κ3) is 3.84. The molecular formula is C14H27N3. The van der Waals surface area contributed by atoms with E-state index < -0.39 is 0 Å². The fourth-order valence-electron chi connectivity index (χ4n) is 2.22. The zero-order chi connectivity index (χ0) is 13.0. The smallest absolute Gasteiger partial charge is 0.0628 e. The van der Waals surface area contributed by atoms with Crippen LogP contribution in [0.15, 0.2) is 12.3 Å². The first-order chi connectivity index (χ1) is 7.95. The van der Waals surface area contributed by atoms with Crippen LogP contribution in [-0.4, -0.2) is 22.9 Å². The molecule has 1 aromatic heterocycles. The summed E-state index contributed by atoms with van der Waals surface area (Å²) in [6.45, 7) is 11.2. The summed E-state index contributed by atoms with van der Waals surface area (Å²) in [6, 6.07) is 3.12. The van der Waals surface area contributed by atoms with E-state index in [0.29, 0.717) is 23.9 Å². The van der Waals surface area contributed by atoms with E-state index in [1.54, 1.807) is 0 Å². The van der Waals surface area contributed by atoms with Gasteiger partial charge in [-0.25, -0.2) is 0 Å². The predicted octanol–water partition coefficient (Wildman–Crippen LogP) is 2.89. The van der Waals surface area contributed by atoms with Crippen molar-refractivity contribution in [3.05, 3.63) is 18.0 Å². The summed E-state index contributed by atoms with van der Waals surface area (Å²) in [5, 5.41) is 8.00. The van der Waals surface area contributed by atoms with Crippen LogP contribution in [0.25, 0.3) is 0 Å². The molecule has 1 aromatic rings. The van der Waals surface area contributed by atoms with E-state index >= 15 is 0 Å². The van der Waals surface area contributed by atoms with Gasteiger partial charge in [0.15, 0.2) is 0 Å². The van der Waals surface area contributed by atoms with Crippen LogP contribution in [0.2, 0.25) is 0 Å². The van der Waals surface area contributed by atoms with Crippen LogP contribution in [0.5, 0.6) is 0 Å². The zero-order valence-corrected chi connectivity index (χ0v) is 12.1. The lowest BCUT2D eigenvalue weighted by molar-refractivity contribution is 0.297. The lowest BCUT2D eigenvalue weighted by Crippen LogP contribution is -2.35. The van der Waals surface area contributed by atoms with Crippen molar-refractivity contribution < 1.29 is 0 Å². The third-order valence-electron chi connectivity index (χ3n) is 3.59. The topological polar surface area (TPSA) is 29.9 Å². The number of aromatic nitrogens is 2. The molecule has 0 aliphatic rings. The Morgan fingerprint density at radius 2 is 1.88 bits per heavy atom. The SMILES string of the molecule is CNC(C)C(Cc1ccn(C(C)C)n1)C(C)C. The molecule has 0 saturated carbocycles. The average Bonchev–Trinajstić information content (AvgIpc) is 2.73. The highest BCUT2D eigenvalue weighted by Crippen LogP contribution is 2.20. The molecule has 98 valence electrons. The van der Waals surface area contributed by atoms with Crippen LogP contribution in [0.4, 0.5) is 0 Å². The standard InChI is InChI=1S/C14H27N3/c1-10(2)14(12(5)15-6)9-13-7-8-17(16-13)11(3)4/h7-8,10-12,14-15H,9H2,1-6H3. The Hall–Kier alpha value is -0.830. The van der Waals surface area contributed by atoms with Gasteiger partial charge in [-0.2, -0.15) is 5.10 Å². The van der Waals surface area contributed by atoms with Crippen LogP contribution < -0.4 is 5.32 Å². The third-order valence-corrected chi connectivity index (χ3v) is 3.59. The van der Waals surface area contributed by atoms with Gasteiger partial charge in [-0.15, -0.1) is 0 Å². The van der Waals surface area contributed by atoms with Crippen LogP contribution in [0.1, 0.15) is 46.4 Å². The number of hydrogen-bond donors (Lipinski definition) is 1. The molecule has 0 aliphatic heterocycles. The Labute approximate surface area is 106 Å². The molecule has 0 bridgehead atoms. The normalized spacial score (nSPS) is 15.5. The van der Waals surface area contributed by atoms with Crippen molar-refractivity contribution in [3.8, 4) is 0 Å². The van der Waals surface area contributed by atoms with E-state index in [1.807, 2.05) is 11.7 Å². The summed E-state index contributed by atoms with van der Waals surface area (Å²) >= 11 is 0. The van der Waals surface area contributed by atoms with Crippen LogP contribution in [0.3, 0.4) is 0 Å². The first-order valence-corrected chi connectivity index (χ1v) is 6.67. The van der Waals surface area contributed by atoms with Crippen molar-refractivity contribution in [1.82, 2.24) is 15.1 Å². The second-order valence-electron chi connectivity index (χ2n) is 5.57. The number of rotatable bonds is 6. The van der Waals surface area contributed by atoms with Crippen molar-refractivity contribution in [2.75, 3.05) is 7.05 Å². The molecule has 1 N–H and O–H groups in total. The van der Waals surface area contributed by atoms with Gasteiger partial charge < -0.3 is 5.32 Å². The van der Waals surface area contributed by atoms with Crippen molar-refractivity contribution in [2.24, 2.45) is 11.8 Å². The Kier molecular flexibility index (Phi) is 5.19. The monoisotopic (exact) mass is 237 g/mol. The molecule has 3 heteroatoms. The molecule has 2 atom stereocenters. The van der Waals surface area contributed by atoms with Gasteiger partial charge in [0.25, 0.3) is 0 Å². The molecule has 0 radical (unpaired) electrons. The molecule has 0 aliphatic carbocycles. The largest absolute Gasteiger partial charge is 0.317 e.